The molecule has 0 saturated carbocycles. The van der Waals surface area contributed by atoms with E-state index in [0.29, 0.717) is 34.2 Å². The van der Waals surface area contributed by atoms with E-state index in [9.17, 15) is 5.26 Å². The van der Waals surface area contributed by atoms with Crippen LogP contribution in [-0.2, 0) is 5.41 Å². The molecule has 11 heteroatoms. The lowest BCUT2D eigenvalue weighted by atomic mass is 9.66. The van der Waals surface area contributed by atoms with Crippen LogP contribution in [0.2, 0.25) is 0 Å². The predicted molar refractivity (Wildman–Crippen MR) is 383 cm³/mol. The molecule has 0 N–H and O–H groups in total. The second-order valence-corrected chi connectivity index (χ2v) is 25.1. The van der Waals surface area contributed by atoms with Gasteiger partial charge in [0.1, 0.15) is 11.5 Å². The third kappa shape index (κ3) is 6.96. The van der Waals surface area contributed by atoms with Gasteiger partial charge in [-0.25, -0.2) is 4.85 Å². The van der Waals surface area contributed by atoms with Crippen molar-refractivity contribution in [2.75, 3.05) is 4.90 Å². The minimum atomic E-state index is -1.08. The average Bonchev–Trinajstić information content (AvgIpc) is 1.46. The summed E-state index contributed by atoms with van der Waals surface area (Å²) in [4.78, 5) is 17.3. The predicted octanol–water partition coefficient (Wildman–Crippen LogP) is 21.3. The van der Waals surface area contributed by atoms with Crippen LogP contribution < -0.4 is 14.4 Å². The van der Waals surface area contributed by atoms with Gasteiger partial charge in [0.15, 0.2) is 17.2 Å². The number of benzene rings is 12. The third-order valence-electron chi connectivity index (χ3n) is 20.3. The number of anilines is 3. The van der Waals surface area contributed by atoms with Crippen LogP contribution in [0.25, 0.3) is 126 Å². The number of pyridine rings is 2. The minimum Gasteiger partial charge on any atom is -0.457 e. The summed E-state index contributed by atoms with van der Waals surface area (Å²) in [6.07, 6.45) is 4.01. The zero-order chi connectivity index (χ0) is 63.1. The van der Waals surface area contributed by atoms with Crippen LogP contribution in [0.15, 0.2) is 285 Å². The Kier molecular flexibility index (Phi) is 10.5. The molecule has 21 rings (SSSR count). The van der Waals surface area contributed by atoms with Crippen molar-refractivity contribution in [2.45, 2.75) is 5.41 Å². The molecule has 6 aromatic heterocycles. The molecule has 3 aliphatic rings. The zero-order valence-electron chi connectivity index (χ0n) is 51.0. The monoisotopic (exact) mass is 1230 g/mol. The molecule has 1 atom stereocenters. The molecule has 0 radical (unpaired) electrons. The van der Waals surface area contributed by atoms with Gasteiger partial charge in [-0.2, -0.15) is 5.26 Å². The quantitative estimate of drug-likeness (QED) is 0.159. The van der Waals surface area contributed by atoms with Gasteiger partial charge in [-0.15, -0.1) is 0 Å². The summed E-state index contributed by atoms with van der Waals surface area (Å²) in [6, 6.07) is 98.4. The number of aromatic nitrogens is 6. The second kappa shape index (κ2) is 19.3. The van der Waals surface area contributed by atoms with Crippen LogP contribution in [0, 0.1) is 17.9 Å². The highest BCUT2D eigenvalue weighted by atomic mass is 16.5. The Morgan fingerprint density at radius 2 is 0.740 bits per heavy atom. The summed E-state index contributed by atoms with van der Waals surface area (Å²) in [5, 5.41) is 18.8. The molecule has 2 aliphatic heterocycles. The van der Waals surface area contributed by atoms with Crippen molar-refractivity contribution >= 4 is 110 Å². The largest absolute Gasteiger partial charge is 0.457 e. The van der Waals surface area contributed by atoms with Crippen LogP contribution in [0.1, 0.15) is 27.8 Å². The van der Waals surface area contributed by atoms with Crippen molar-refractivity contribution in [1.29, 1.82) is 5.26 Å². The lowest BCUT2D eigenvalue weighted by Gasteiger charge is -2.39. The number of para-hydroxylation sites is 8. The maximum Gasteiger partial charge on any atom is 0.188 e. The smallest absolute Gasteiger partial charge is 0.188 e. The van der Waals surface area contributed by atoms with E-state index in [1.807, 2.05) is 60.9 Å². The topological polar surface area (TPSA) is 95.4 Å². The summed E-state index contributed by atoms with van der Waals surface area (Å²) >= 11 is 0. The van der Waals surface area contributed by atoms with Gasteiger partial charge >= 0.3 is 0 Å². The van der Waals surface area contributed by atoms with Crippen LogP contribution in [-0.4, -0.2) is 28.2 Å². The van der Waals surface area contributed by atoms with Gasteiger partial charge in [-0.3, -0.25) is 9.97 Å². The van der Waals surface area contributed by atoms with Gasteiger partial charge in [0.05, 0.1) is 114 Å². The van der Waals surface area contributed by atoms with E-state index in [4.69, 9.17) is 26.0 Å². The first kappa shape index (κ1) is 52.2. The fourth-order valence-corrected chi connectivity index (χ4v) is 16.4. The minimum absolute atomic E-state index is 0.527. The first-order chi connectivity index (χ1) is 47.5. The van der Waals surface area contributed by atoms with Crippen LogP contribution in [0.4, 0.5) is 22.7 Å². The Morgan fingerprint density at radius 3 is 1.24 bits per heavy atom. The van der Waals surface area contributed by atoms with Gasteiger partial charge in [0.25, 0.3) is 0 Å². The first-order valence-corrected chi connectivity index (χ1v) is 32.0. The van der Waals surface area contributed by atoms with E-state index >= 15 is 0 Å². The fraction of sp³-hybridized carbons (Fsp3) is 0.0118. The molecule has 0 saturated heterocycles. The molecule has 1 spiro atoms. The maximum atomic E-state index is 9.95. The maximum absolute atomic E-state index is 9.95. The second-order valence-electron chi connectivity index (χ2n) is 25.1. The molecule has 1 unspecified atom stereocenters. The van der Waals surface area contributed by atoms with E-state index < -0.39 is 5.41 Å². The summed E-state index contributed by atoms with van der Waals surface area (Å²) in [6.45, 7) is 8.03. The molecule has 444 valence electrons. The van der Waals surface area contributed by atoms with Gasteiger partial charge in [0, 0.05) is 95.2 Å². The highest BCUT2D eigenvalue weighted by Crippen LogP contribution is 2.63. The van der Waals surface area contributed by atoms with E-state index in [2.05, 4.69) is 259 Å². The highest BCUT2D eigenvalue weighted by molar-refractivity contribution is 6.14. The van der Waals surface area contributed by atoms with Crippen molar-refractivity contribution < 1.29 is 9.47 Å². The summed E-state index contributed by atoms with van der Waals surface area (Å²) in [5.41, 5.74) is 20.2. The highest BCUT2D eigenvalue weighted by Gasteiger charge is 2.53. The molecule has 1 aliphatic carbocycles. The molecule has 8 heterocycles. The zero-order valence-corrected chi connectivity index (χ0v) is 51.0. The SMILES string of the molecule is [C-]#[N+]c1ccc2c(c1)c1ccccc1n2-c1cnc2c(c1)C1(c3ccc(-n4c5ccccc5c5ccccc54)cc3Oc3cc(-n4c5ccccc5c5cc(N6c7ccccc7Oc7cc(C#N)ccc76)ccc54)ccc31)c1cc(-n3c4ccccc4c4ccccc43)cnc1-2. The van der Waals surface area contributed by atoms with Gasteiger partial charge in [-0.05, 0) is 121 Å². The number of nitriles is 1. The standard InChI is InChI=1S/C85H47N9O2/c1-87-51-31-38-75-63(41-51)61-20-6-13-27-74(61)94(75)56-44-68-84(89-49-56)83-67(43-55(48-88-83)93-71-24-10-4-18-59(71)60-19-5-11-25-72(60)93)85(68)65-35-32-53(90-69-22-8-2-16-57(69)58-17-3-9-23-70(58)90)45-80(65)96-81-46-54(33-36-66(81)85)91-73-26-12-7-21-62(73)64-42-52(34-39-76(64)91)92-77-28-14-15-29-79(77)95-82-40-50(47-86)30-37-78(82)92/h2-46,48-49H. The molecule has 0 amide bonds. The normalized spacial score (nSPS) is 14.2. The Labute approximate surface area is 548 Å². The number of nitrogens with zero attached hydrogens (tertiary/aromatic N) is 9. The van der Waals surface area contributed by atoms with Gasteiger partial charge in [-0.1, -0.05) is 140 Å². The molecule has 0 fully saturated rings. The lowest BCUT2D eigenvalue weighted by Crippen LogP contribution is -2.32. The van der Waals surface area contributed by atoms with Crippen LogP contribution in [0.5, 0.6) is 23.0 Å². The van der Waals surface area contributed by atoms with Crippen LogP contribution in [0.3, 0.4) is 0 Å². The Morgan fingerprint density at radius 1 is 0.333 bits per heavy atom. The molecular formula is C85H47N9O2. The molecule has 0 bridgehead atoms. The van der Waals surface area contributed by atoms with Crippen molar-refractivity contribution in [3.8, 4) is 63.2 Å². The van der Waals surface area contributed by atoms with E-state index in [0.717, 1.165) is 150 Å². The number of hydrogen-bond acceptors (Lipinski definition) is 6. The van der Waals surface area contributed by atoms with E-state index in [-0.39, 0.29) is 0 Å². The number of fused-ring (bicyclic) bond motifs is 23. The Bertz CT molecular complexity index is 6500. The molecule has 11 nitrogen and oxygen atoms in total. The van der Waals surface area contributed by atoms with Crippen molar-refractivity contribution in [3.05, 3.63) is 325 Å². The third-order valence-corrected chi connectivity index (χ3v) is 20.3. The lowest BCUT2D eigenvalue weighted by molar-refractivity contribution is 0.436. The summed E-state index contributed by atoms with van der Waals surface area (Å²) < 4.78 is 23.6. The Hall–Kier alpha value is -13.5. The molecule has 18 aromatic rings. The fourth-order valence-electron chi connectivity index (χ4n) is 16.4. The molecule has 96 heavy (non-hydrogen) atoms. The number of rotatable bonds is 5. The van der Waals surface area contributed by atoms with Gasteiger partial charge in [0.2, 0.25) is 0 Å². The Balaban J connectivity index is 0.841. The van der Waals surface area contributed by atoms with E-state index in [1.54, 1.807) is 0 Å². The first-order valence-electron chi connectivity index (χ1n) is 32.0. The van der Waals surface area contributed by atoms with E-state index in [1.165, 1.54) is 10.8 Å². The number of ether oxygens (including phenoxy) is 2. The van der Waals surface area contributed by atoms with Crippen molar-refractivity contribution in [3.63, 3.8) is 0 Å². The molecule has 12 aromatic carbocycles. The summed E-state index contributed by atoms with van der Waals surface area (Å²) in [7, 11) is 0. The summed E-state index contributed by atoms with van der Waals surface area (Å²) in [5.74, 6) is 2.72. The van der Waals surface area contributed by atoms with Crippen molar-refractivity contribution in [2.24, 2.45) is 0 Å². The molecular weight excluding hydrogens is 1180 g/mol. The van der Waals surface area contributed by atoms with Crippen LogP contribution >= 0.6 is 0 Å². The van der Waals surface area contributed by atoms with Gasteiger partial charge < -0.3 is 32.6 Å². The number of hydrogen-bond donors (Lipinski definition) is 0. The average molecular weight is 1230 g/mol. The van der Waals surface area contributed by atoms with Crippen molar-refractivity contribution in [1.82, 2.24) is 28.2 Å².